The lowest BCUT2D eigenvalue weighted by Gasteiger charge is -2.36. The van der Waals surface area contributed by atoms with E-state index < -0.39 is 33.3 Å². The zero-order chi connectivity index (χ0) is 26.6. The summed E-state index contributed by atoms with van der Waals surface area (Å²) in [4.78, 5) is 25.9. The largest absolute Gasteiger partial charge is 0.381 e. The van der Waals surface area contributed by atoms with Gasteiger partial charge in [0.2, 0.25) is 15.9 Å². The highest BCUT2D eigenvalue weighted by Gasteiger charge is 2.42. The van der Waals surface area contributed by atoms with E-state index >= 15 is 4.39 Å². The second-order valence-corrected chi connectivity index (χ2v) is 10.4. The van der Waals surface area contributed by atoms with Crippen LogP contribution in [0.4, 0.5) is 20.6 Å². The fourth-order valence-electron chi connectivity index (χ4n) is 4.02. The molecule has 0 atom stereocenters. The van der Waals surface area contributed by atoms with E-state index in [0.717, 1.165) is 6.07 Å². The van der Waals surface area contributed by atoms with Gasteiger partial charge in [0.1, 0.15) is 11.4 Å². The second kappa shape index (κ2) is 10.9. The number of carbonyl (C=O) groups excluding carboxylic acids is 2. The molecule has 1 saturated heterocycles. The Bertz CT molecular complexity index is 1430. The summed E-state index contributed by atoms with van der Waals surface area (Å²) in [6.45, 7) is 0.445. The normalized spacial score (nSPS) is 15.0. The van der Waals surface area contributed by atoms with Gasteiger partial charge in [-0.1, -0.05) is 35.9 Å². The van der Waals surface area contributed by atoms with Gasteiger partial charge in [0.15, 0.2) is 0 Å². The van der Waals surface area contributed by atoms with Crippen molar-refractivity contribution in [3.63, 3.8) is 0 Å². The molecular formula is C25H24ClFN4O5S. The van der Waals surface area contributed by atoms with Gasteiger partial charge in [0, 0.05) is 42.3 Å². The summed E-state index contributed by atoms with van der Waals surface area (Å²) >= 11 is 5.87. The summed E-state index contributed by atoms with van der Waals surface area (Å²) in [6, 6.07) is 15.7. The minimum atomic E-state index is -4.04. The summed E-state index contributed by atoms with van der Waals surface area (Å²) in [7, 11) is -4.04. The SMILES string of the molecule is NS(=O)(=O)c1ccccc1-c1ccc(NC(=O)C2(NC(=O)Nc3ccc(Cl)cc3)CCOCC2)c(F)c1. The Morgan fingerprint density at radius 2 is 1.65 bits per heavy atom. The van der Waals surface area contributed by atoms with Crippen molar-refractivity contribution >= 4 is 44.9 Å². The number of benzene rings is 3. The first-order valence-corrected chi connectivity index (χ1v) is 13.2. The van der Waals surface area contributed by atoms with Crippen molar-refractivity contribution in [3.05, 3.63) is 77.6 Å². The molecule has 12 heteroatoms. The van der Waals surface area contributed by atoms with Crippen molar-refractivity contribution in [2.75, 3.05) is 23.8 Å². The molecule has 1 aliphatic rings. The van der Waals surface area contributed by atoms with Gasteiger partial charge < -0.3 is 20.7 Å². The number of ether oxygens (including phenoxy) is 1. The lowest BCUT2D eigenvalue weighted by molar-refractivity contribution is -0.125. The molecular weight excluding hydrogens is 523 g/mol. The molecule has 0 spiro atoms. The number of anilines is 2. The highest BCUT2D eigenvalue weighted by atomic mass is 35.5. The van der Waals surface area contributed by atoms with Crippen molar-refractivity contribution in [2.24, 2.45) is 5.14 Å². The number of nitrogens with one attached hydrogen (secondary N) is 3. The molecule has 9 nitrogen and oxygen atoms in total. The summed E-state index contributed by atoms with van der Waals surface area (Å²) in [5.41, 5.74) is -0.511. The molecule has 0 aliphatic carbocycles. The first kappa shape index (κ1) is 26.6. The van der Waals surface area contributed by atoms with Crippen LogP contribution in [0, 0.1) is 5.82 Å². The van der Waals surface area contributed by atoms with E-state index in [1.54, 1.807) is 30.3 Å². The quantitative estimate of drug-likeness (QED) is 0.368. The molecule has 1 aliphatic heterocycles. The van der Waals surface area contributed by atoms with Crippen LogP contribution in [-0.4, -0.2) is 39.1 Å². The van der Waals surface area contributed by atoms with E-state index in [0.29, 0.717) is 10.7 Å². The van der Waals surface area contributed by atoms with E-state index in [-0.39, 0.29) is 47.8 Å². The summed E-state index contributed by atoms with van der Waals surface area (Å²) in [6.07, 6.45) is 0.350. The molecule has 0 bridgehead atoms. The van der Waals surface area contributed by atoms with Gasteiger partial charge in [-0.3, -0.25) is 4.79 Å². The molecule has 37 heavy (non-hydrogen) atoms. The van der Waals surface area contributed by atoms with Gasteiger partial charge in [-0.15, -0.1) is 0 Å². The van der Waals surface area contributed by atoms with E-state index in [1.807, 2.05) is 0 Å². The number of amides is 3. The van der Waals surface area contributed by atoms with E-state index in [9.17, 15) is 18.0 Å². The molecule has 3 amide bonds. The Balaban J connectivity index is 1.54. The zero-order valence-corrected chi connectivity index (χ0v) is 21.0. The van der Waals surface area contributed by atoms with Gasteiger partial charge in [0.05, 0.1) is 10.6 Å². The van der Waals surface area contributed by atoms with Crippen molar-refractivity contribution in [2.45, 2.75) is 23.3 Å². The Labute approximate surface area is 218 Å². The van der Waals surface area contributed by atoms with Gasteiger partial charge in [-0.2, -0.15) is 0 Å². The number of hydrogen-bond donors (Lipinski definition) is 4. The van der Waals surface area contributed by atoms with Crippen LogP contribution in [0.1, 0.15) is 12.8 Å². The van der Waals surface area contributed by atoms with Gasteiger partial charge in [-0.05, 0) is 48.0 Å². The topological polar surface area (TPSA) is 140 Å². The highest BCUT2D eigenvalue weighted by Crippen LogP contribution is 2.30. The van der Waals surface area contributed by atoms with Crippen LogP contribution in [0.5, 0.6) is 0 Å². The Hall–Kier alpha value is -3.51. The average Bonchev–Trinajstić information content (AvgIpc) is 2.86. The number of urea groups is 1. The Morgan fingerprint density at radius 1 is 0.973 bits per heavy atom. The molecule has 3 aromatic carbocycles. The van der Waals surface area contributed by atoms with E-state index in [1.165, 1.54) is 30.3 Å². The van der Waals surface area contributed by atoms with Crippen LogP contribution in [0.3, 0.4) is 0 Å². The lowest BCUT2D eigenvalue weighted by atomic mass is 9.88. The zero-order valence-electron chi connectivity index (χ0n) is 19.5. The third-order valence-electron chi connectivity index (χ3n) is 5.96. The van der Waals surface area contributed by atoms with Crippen molar-refractivity contribution < 1.29 is 27.1 Å². The number of rotatable bonds is 6. The van der Waals surface area contributed by atoms with Gasteiger partial charge in [-0.25, -0.2) is 22.7 Å². The predicted octanol–water partition coefficient (Wildman–Crippen LogP) is 4.10. The molecule has 194 valence electrons. The number of sulfonamides is 1. The van der Waals surface area contributed by atoms with Crippen LogP contribution in [0.15, 0.2) is 71.6 Å². The Kier molecular flexibility index (Phi) is 7.79. The van der Waals surface area contributed by atoms with Crippen LogP contribution in [0.25, 0.3) is 11.1 Å². The van der Waals surface area contributed by atoms with Gasteiger partial charge in [0.25, 0.3) is 0 Å². The third kappa shape index (κ3) is 6.25. The third-order valence-corrected chi connectivity index (χ3v) is 7.18. The van der Waals surface area contributed by atoms with Crippen LogP contribution >= 0.6 is 11.6 Å². The average molecular weight is 547 g/mol. The summed E-state index contributed by atoms with van der Waals surface area (Å²) in [5.74, 6) is -1.40. The van der Waals surface area contributed by atoms with Crippen LogP contribution < -0.4 is 21.1 Å². The number of primary sulfonamides is 1. The molecule has 0 aromatic heterocycles. The van der Waals surface area contributed by atoms with Gasteiger partial charge >= 0.3 is 6.03 Å². The molecule has 1 heterocycles. The minimum absolute atomic E-state index is 0.132. The monoisotopic (exact) mass is 546 g/mol. The molecule has 0 saturated carbocycles. The second-order valence-electron chi connectivity index (χ2n) is 8.47. The number of nitrogens with two attached hydrogens (primary N) is 1. The highest BCUT2D eigenvalue weighted by molar-refractivity contribution is 7.89. The minimum Gasteiger partial charge on any atom is -0.381 e. The lowest BCUT2D eigenvalue weighted by Crippen LogP contribution is -2.60. The maximum absolute atomic E-state index is 15.1. The first-order chi connectivity index (χ1) is 17.6. The van der Waals surface area contributed by atoms with Crippen molar-refractivity contribution in [3.8, 4) is 11.1 Å². The molecule has 3 aromatic rings. The summed E-state index contributed by atoms with van der Waals surface area (Å²) < 4.78 is 44.3. The molecule has 1 fully saturated rings. The smallest absolute Gasteiger partial charge is 0.320 e. The number of halogens is 2. The molecule has 0 unspecified atom stereocenters. The Morgan fingerprint density at radius 3 is 2.30 bits per heavy atom. The van der Waals surface area contributed by atoms with E-state index in [4.69, 9.17) is 21.5 Å². The van der Waals surface area contributed by atoms with Crippen molar-refractivity contribution in [1.82, 2.24) is 5.32 Å². The predicted molar refractivity (Wildman–Crippen MR) is 138 cm³/mol. The van der Waals surface area contributed by atoms with E-state index in [2.05, 4.69) is 16.0 Å². The summed E-state index contributed by atoms with van der Waals surface area (Å²) in [5, 5.41) is 13.7. The fraction of sp³-hybridized carbons (Fsp3) is 0.200. The number of hydrogen-bond acceptors (Lipinski definition) is 5. The maximum atomic E-state index is 15.1. The maximum Gasteiger partial charge on any atom is 0.320 e. The fourth-order valence-corrected chi connectivity index (χ4v) is 4.91. The van der Waals surface area contributed by atoms with Crippen LogP contribution in [-0.2, 0) is 19.6 Å². The molecule has 4 rings (SSSR count). The van der Waals surface area contributed by atoms with Crippen molar-refractivity contribution in [1.29, 1.82) is 0 Å². The molecule has 5 N–H and O–H groups in total. The first-order valence-electron chi connectivity index (χ1n) is 11.2. The van der Waals surface area contributed by atoms with Crippen LogP contribution in [0.2, 0.25) is 5.02 Å². The number of carbonyl (C=O) groups is 2. The molecule has 0 radical (unpaired) electrons. The standard InChI is InChI=1S/C25H24ClFN4O5S/c26-17-6-8-18(9-7-17)29-24(33)31-25(11-13-36-14-12-25)23(32)30-21-10-5-16(15-20(21)27)19-3-1-2-4-22(19)37(28,34)35/h1-10,15H,11-14H2,(H,30,32)(H2,28,34,35)(H2,29,31,33).